The van der Waals surface area contributed by atoms with Crippen LogP contribution in [-0.4, -0.2) is 0 Å². The molecule has 0 aliphatic heterocycles. The van der Waals surface area contributed by atoms with Crippen LogP contribution >= 0.6 is 33.1 Å². The van der Waals surface area contributed by atoms with Gasteiger partial charge in [-0.1, -0.05) is 24.3 Å². The van der Waals surface area contributed by atoms with Gasteiger partial charge in [-0.15, -0.1) is 0 Å². The van der Waals surface area contributed by atoms with Crippen molar-refractivity contribution < 1.29 is 9.15 Å². The first-order valence-corrected chi connectivity index (χ1v) is 10.6. The molecule has 3 aromatic carbocycles. The van der Waals surface area contributed by atoms with Gasteiger partial charge in [-0.2, -0.15) is 0 Å². The zero-order chi connectivity index (χ0) is 17.5. The zero-order valence-corrected chi connectivity index (χ0v) is 16.7. The van der Waals surface area contributed by atoms with E-state index in [2.05, 4.69) is 83.3 Å². The third-order valence-corrected chi connectivity index (χ3v) is 7.25. The molecule has 2 nitrogen and oxygen atoms in total. The number of halogens is 1. The van der Waals surface area contributed by atoms with Crippen LogP contribution in [-0.2, 0) is 0 Å². The highest BCUT2D eigenvalue weighted by molar-refractivity contribution is 14.1. The van der Waals surface area contributed by atoms with Crippen LogP contribution in [0.2, 0.25) is 0 Å². The zero-order valence-electron chi connectivity index (χ0n) is 13.7. The van der Waals surface area contributed by atoms with Crippen LogP contribution in [0.3, 0.4) is 0 Å². The Balaban J connectivity index is 1.61. The number of fused-ring (bicyclic) bond motifs is 3. The Kier molecular flexibility index (Phi) is 3.94. The van der Waals surface area contributed by atoms with Gasteiger partial charge in [0.2, 0.25) is 0 Å². The molecule has 0 spiro atoms. The molecule has 0 radical (unpaired) electrons. The summed E-state index contributed by atoms with van der Waals surface area (Å²) in [7, 11) is -0.0714. The lowest BCUT2D eigenvalue weighted by atomic mass is 10.2. The van der Waals surface area contributed by atoms with Gasteiger partial charge in [-0.3, -0.25) is 0 Å². The van der Waals surface area contributed by atoms with Crippen molar-refractivity contribution in [2.75, 3.05) is 0 Å². The second-order valence-electron chi connectivity index (χ2n) is 5.93. The lowest BCUT2D eigenvalue weighted by Gasteiger charge is -2.01. The minimum absolute atomic E-state index is 0.0714. The highest BCUT2D eigenvalue weighted by Gasteiger charge is 2.22. The fraction of sp³-hybridized carbons (Fsp3) is 0. The van der Waals surface area contributed by atoms with Crippen molar-refractivity contribution >= 4 is 53.2 Å². The smallest absolute Gasteiger partial charge is 0.290 e. The summed E-state index contributed by atoms with van der Waals surface area (Å²) in [5.74, 6) is 1.30. The fourth-order valence-electron chi connectivity index (χ4n) is 3.22. The van der Waals surface area contributed by atoms with Crippen LogP contribution in [0, 0.1) is 3.77 Å². The first-order valence-electron chi connectivity index (χ1n) is 8.25. The van der Waals surface area contributed by atoms with E-state index in [4.69, 9.17) is 9.15 Å². The maximum atomic E-state index is 5.79. The molecule has 0 unspecified atom stereocenters. The number of furan rings is 1. The largest absolute Gasteiger partial charge is 0.426 e. The average Bonchev–Trinajstić information content (AvgIpc) is 3.23. The van der Waals surface area contributed by atoms with Crippen molar-refractivity contribution in [3.63, 3.8) is 0 Å². The lowest BCUT2D eigenvalue weighted by Crippen LogP contribution is -1.81. The van der Waals surface area contributed by atoms with E-state index in [1.165, 1.54) is 25.1 Å². The second kappa shape index (κ2) is 6.45. The van der Waals surface area contributed by atoms with Gasteiger partial charge in [0, 0.05) is 39.4 Å². The predicted molar refractivity (Wildman–Crippen MR) is 117 cm³/mol. The molecule has 4 heteroatoms. The van der Waals surface area contributed by atoms with E-state index in [-0.39, 0.29) is 10.5 Å². The molecule has 0 saturated heterocycles. The van der Waals surface area contributed by atoms with Crippen LogP contribution in [0.4, 0.5) is 0 Å². The van der Waals surface area contributed by atoms with Gasteiger partial charge in [-0.05, 0) is 65.1 Å². The molecular weight excluding hydrogens is 455 g/mol. The first-order chi connectivity index (χ1) is 12.8. The highest BCUT2D eigenvalue weighted by Crippen LogP contribution is 2.48. The normalized spacial score (nSPS) is 11.3. The number of thiophene rings is 1. The van der Waals surface area contributed by atoms with Crippen LogP contribution in [0.25, 0.3) is 25.1 Å². The quantitative estimate of drug-likeness (QED) is 0.199. The molecule has 0 bridgehead atoms. The van der Waals surface area contributed by atoms with Gasteiger partial charge in [0.15, 0.2) is 18.1 Å². The Hall–Kier alpha value is -2.31. The van der Waals surface area contributed by atoms with Crippen molar-refractivity contribution in [1.82, 2.24) is 0 Å². The molecule has 126 valence electrons. The summed E-state index contributed by atoms with van der Waals surface area (Å²) < 4.78 is 14.9. The third kappa shape index (κ3) is 2.70. The van der Waals surface area contributed by atoms with E-state index < -0.39 is 0 Å². The molecule has 5 aromatic rings. The maximum absolute atomic E-state index is 5.79. The van der Waals surface area contributed by atoms with E-state index in [1.807, 2.05) is 24.3 Å². The second-order valence-corrected chi connectivity index (χ2v) is 8.96. The first kappa shape index (κ1) is 15.9. The van der Waals surface area contributed by atoms with E-state index in [9.17, 15) is 0 Å². The molecule has 2 heterocycles. The van der Waals surface area contributed by atoms with Gasteiger partial charge in [0.25, 0.3) is 5.95 Å². The van der Waals surface area contributed by atoms with Crippen molar-refractivity contribution in [1.29, 1.82) is 0 Å². The standard InChI is InChI=1S/C22H14IO2S/c23-21-13-14-22(25-21)24-15-9-11-16(12-10-15)26-19-7-3-1-5-17(19)18-6-2-4-8-20(18)26/h1-14H/q+1. The summed E-state index contributed by atoms with van der Waals surface area (Å²) in [6, 6.07) is 29.5. The summed E-state index contributed by atoms with van der Waals surface area (Å²) in [6.07, 6.45) is 0. The van der Waals surface area contributed by atoms with E-state index in [0.29, 0.717) is 5.95 Å². The van der Waals surface area contributed by atoms with Gasteiger partial charge in [-0.25, -0.2) is 0 Å². The third-order valence-electron chi connectivity index (χ3n) is 4.33. The Morgan fingerprint density at radius 3 is 1.88 bits per heavy atom. The summed E-state index contributed by atoms with van der Waals surface area (Å²) in [5, 5.41) is 2.69. The number of benzene rings is 3. The SMILES string of the molecule is Ic1ccc(Oc2ccc(-[s+]3c4ccccc4c4ccccc43)cc2)o1. The Morgan fingerprint density at radius 1 is 0.692 bits per heavy atom. The minimum Gasteiger partial charge on any atom is -0.426 e. The molecule has 0 atom stereocenters. The number of ether oxygens (including phenoxy) is 1. The highest BCUT2D eigenvalue weighted by atomic mass is 127. The van der Waals surface area contributed by atoms with Crippen LogP contribution in [0.15, 0.2) is 89.3 Å². The average molecular weight is 469 g/mol. The number of hydrogen-bond acceptors (Lipinski definition) is 2. The van der Waals surface area contributed by atoms with Crippen molar-refractivity contribution in [2.24, 2.45) is 0 Å². The molecule has 0 fully saturated rings. The molecule has 5 rings (SSSR count). The van der Waals surface area contributed by atoms with Gasteiger partial charge >= 0.3 is 0 Å². The molecule has 0 N–H and O–H groups in total. The molecule has 0 aliphatic rings. The summed E-state index contributed by atoms with van der Waals surface area (Å²) in [5.41, 5.74) is 0. The lowest BCUT2D eigenvalue weighted by molar-refractivity contribution is 0.337. The molecule has 0 saturated carbocycles. The van der Waals surface area contributed by atoms with Crippen LogP contribution in [0.5, 0.6) is 11.7 Å². The molecular formula is C22H14IO2S+. The molecule has 0 aliphatic carbocycles. The summed E-state index contributed by atoms with van der Waals surface area (Å²) >= 11 is 2.13. The maximum Gasteiger partial charge on any atom is 0.290 e. The van der Waals surface area contributed by atoms with Gasteiger partial charge in [0.05, 0.1) is 0 Å². The number of hydrogen-bond donors (Lipinski definition) is 0. The van der Waals surface area contributed by atoms with Crippen LogP contribution in [0.1, 0.15) is 0 Å². The van der Waals surface area contributed by atoms with Gasteiger partial charge in [0.1, 0.15) is 5.75 Å². The molecule has 0 amide bonds. The van der Waals surface area contributed by atoms with Crippen LogP contribution < -0.4 is 4.74 Å². The van der Waals surface area contributed by atoms with Crippen molar-refractivity contribution in [2.45, 2.75) is 0 Å². The minimum atomic E-state index is -0.0714. The fourth-order valence-corrected chi connectivity index (χ4v) is 5.99. The van der Waals surface area contributed by atoms with E-state index in [0.717, 1.165) is 9.52 Å². The van der Waals surface area contributed by atoms with E-state index >= 15 is 0 Å². The topological polar surface area (TPSA) is 22.4 Å². The Bertz CT molecular complexity index is 1160. The monoisotopic (exact) mass is 469 g/mol. The van der Waals surface area contributed by atoms with Crippen molar-refractivity contribution in [3.05, 3.63) is 88.7 Å². The summed E-state index contributed by atoms with van der Waals surface area (Å²) in [4.78, 5) is 1.30. The van der Waals surface area contributed by atoms with Crippen molar-refractivity contribution in [3.8, 4) is 16.6 Å². The van der Waals surface area contributed by atoms with Gasteiger partial charge < -0.3 is 9.15 Å². The van der Waals surface area contributed by atoms with E-state index in [1.54, 1.807) is 0 Å². The molecule has 26 heavy (non-hydrogen) atoms. The Labute approximate surface area is 167 Å². The predicted octanol–water partition coefficient (Wildman–Crippen LogP) is 7.72. The Morgan fingerprint density at radius 2 is 1.31 bits per heavy atom. The number of rotatable bonds is 3. The molecule has 2 aromatic heterocycles. The summed E-state index contributed by atoms with van der Waals surface area (Å²) in [6.45, 7) is 0.